The van der Waals surface area contributed by atoms with E-state index in [2.05, 4.69) is 10.3 Å². The topological polar surface area (TPSA) is 105 Å². The maximum atomic E-state index is 11.9. The van der Waals surface area contributed by atoms with Gasteiger partial charge in [0.05, 0.1) is 11.5 Å². The van der Waals surface area contributed by atoms with Gasteiger partial charge in [-0.25, -0.2) is 0 Å². The second kappa shape index (κ2) is 5.85. The summed E-state index contributed by atoms with van der Waals surface area (Å²) in [5.41, 5.74) is -0.0383. The minimum atomic E-state index is -0.705. The molecule has 1 aromatic carbocycles. The van der Waals surface area contributed by atoms with Gasteiger partial charge in [0, 0.05) is 11.1 Å². The molecule has 104 valence electrons. The van der Waals surface area contributed by atoms with Crippen LogP contribution in [0.25, 0.3) is 0 Å². The zero-order chi connectivity index (χ0) is 14.7. The average Bonchev–Trinajstić information content (AvgIpc) is 2.81. The highest BCUT2D eigenvalue weighted by molar-refractivity contribution is 7.07. The van der Waals surface area contributed by atoms with Crippen LogP contribution in [0.2, 0.25) is 5.02 Å². The van der Waals surface area contributed by atoms with E-state index in [1.165, 1.54) is 18.2 Å². The van der Waals surface area contributed by atoms with Crippen LogP contribution < -0.4 is 10.2 Å². The normalized spacial score (nSPS) is 10.2. The molecule has 0 bridgehead atoms. The molecule has 0 radical (unpaired) electrons. The number of rotatable bonds is 4. The van der Waals surface area contributed by atoms with Crippen LogP contribution in [0.4, 0.5) is 5.69 Å². The molecule has 9 heteroatoms. The number of para-hydroxylation sites is 1. The smallest absolute Gasteiger partial charge is 0.304 e. The van der Waals surface area contributed by atoms with Crippen molar-refractivity contribution in [1.29, 1.82) is 0 Å². The second-order valence-corrected chi connectivity index (χ2v) is 5.00. The Labute approximate surface area is 121 Å². The van der Waals surface area contributed by atoms with Crippen molar-refractivity contribution in [3.63, 3.8) is 0 Å². The summed E-state index contributed by atoms with van der Waals surface area (Å²) >= 11 is 6.69. The van der Waals surface area contributed by atoms with E-state index in [0.29, 0.717) is 5.69 Å². The Morgan fingerprint density at radius 2 is 2.25 bits per heavy atom. The zero-order valence-electron chi connectivity index (χ0n) is 9.88. The molecular formula is C11H8ClN3O4S. The van der Waals surface area contributed by atoms with Crippen molar-refractivity contribution in [3.8, 4) is 0 Å². The van der Waals surface area contributed by atoms with Crippen molar-refractivity contribution in [2.45, 2.75) is 6.54 Å². The number of carbonyl (C=O) groups excluding carboxylic acids is 1. The number of amides is 1. The number of aromatic nitrogens is 1. The largest absolute Gasteiger partial charge is 0.346 e. The first kappa shape index (κ1) is 14.2. The molecule has 1 aromatic heterocycles. The molecule has 2 rings (SSSR count). The molecule has 2 N–H and O–H groups in total. The maximum Gasteiger partial charge on any atom is 0.304 e. The van der Waals surface area contributed by atoms with Gasteiger partial charge in [-0.05, 0) is 12.1 Å². The van der Waals surface area contributed by atoms with E-state index in [9.17, 15) is 19.7 Å². The van der Waals surface area contributed by atoms with E-state index in [1.54, 1.807) is 5.38 Å². The minimum Gasteiger partial charge on any atom is -0.346 e. The van der Waals surface area contributed by atoms with Crippen LogP contribution in [0.1, 0.15) is 16.1 Å². The molecule has 0 saturated heterocycles. The van der Waals surface area contributed by atoms with Crippen LogP contribution >= 0.6 is 22.9 Å². The van der Waals surface area contributed by atoms with Gasteiger partial charge in [0.15, 0.2) is 0 Å². The van der Waals surface area contributed by atoms with Crippen molar-refractivity contribution in [1.82, 2.24) is 10.3 Å². The molecule has 20 heavy (non-hydrogen) atoms. The van der Waals surface area contributed by atoms with Gasteiger partial charge in [0.1, 0.15) is 10.6 Å². The zero-order valence-corrected chi connectivity index (χ0v) is 11.5. The van der Waals surface area contributed by atoms with Crippen LogP contribution in [0.15, 0.2) is 28.4 Å². The Morgan fingerprint density at radius 3 is 2.85 bits per heavy atom. The first-order valence-electron chi connectivity index (χ1n) is 5.37. The number of benzene rings is 1. The highest BCUT2D eigenvalue weighted by Crippen LogP contribution is 2.28. The minimum absolute atomic E-state index is 0.0707. The number of hydrogen-bond acceptors (Lipinski definition) is 5. The Bertz CT molecular complexity index is 724. The Balaban J connectivity index is 2.19. The van der Waals surface area contributed by atoms with Gasteiger partial charge in [0.2, 0.25) is 0 Å². The van der Waals surface area contributed by atoms with Gasteiger partial charge in [-0.15, -0.1) is 0 Å². The first-order chi connectivity index (χ1) is 9.49. The molecule has 0 spiro atoms. The van der Waals surface area contributed by atoms with Crippen LogP contribution in [0, 0.1) is 10.1 Å². The van der Waals surface area contributed by atoms with E-state index in [1.807, 2.05) is 0 Å². The monoisotopic (exact) mass is 313 g/mol. The summed E-state index contributed by atoms with van der Waals surface area (Å²) in [6.45, 7) is 0.0707. The second-order valence-electron chi connectivity index (χ2n) is 3.75. The van der Waals surface area contributed by atoms with Gasteiger partial charge >= 0.3 is 10.6 Å². The third-order valence-corrected chi connectivity index (χ3v) is 3.45. The Hall–Kier alpha value is -2.19. The van der Waals surface area contributed by atoms with E-state index < -0.39 is 16.5 Å². The summed E-state index contributed by atoms with van der Waals surface area (Å²) in [6.07, 6.45) is 0. The lowest BCUT2D eigenvalue weighted by molar-refractivity contribution is -0.385. The van der Waals surface area contributed by atoms with Crippen molar-refractivity contribution in [2.75, 3.05) is 0 Å². The summed E-state index contributed by atoms with van der Waals surface area (Å²) in [5.74, 6) is -0.633. The SMILES string of the molecule is O=C(NCc1csc(=O)[nH]1)c1cccc(Cl)c1[N+](=O)[O-]. The molecule has 0 saturated carbocycles. The molecule has 0 fully saturated rings. The molecule has 7 nitrogen and oxygen atoms in total. The van der Waals surface area contributed by atoms with E-state index in [0.717, 1.165) is 11.3 Å². The number of H-pyrrole nitrogens is 1. The summed E-state index contributed by atoms with van der Waals surface area (Å²) in [5, 5.41) is 14.9. The van der Waals surface area contributed by atoms with Crippen molar-refractivity contribution < 1.29 is 9.72 Å². The van der Waals surface area contributed by atoms with Gasteiger partial charge in [-0.3, -0.25) is 19.7 Å². The average molecular weight is 314 g/mol. The third kappa shape index (κ3) is 3.03. The molecule has 2 aromatic rings. The molecule has 0 unspecified atom stereocenters. The first-order valence-corrected chi connectivity index (χ1v) is 6.62. The number of nitrogens with zero attached hydrogens (tertiary/aromatic N) is 1. The molecule has 1 heterocycles. The quantitative estimate of drug-likeness (QED) is 0.664. The number of nitro groups is 1. The fourth-order valence-electron chi connectivity index (χ4n) is 1.56. The van der Waals surface area contributed by atoms with Crippen LogP contribution in [0.5, 0.6) is 0 Å². The molecule has 0 aliphatic heterocycles. The molecule has 1 amide bonds. The van der Waals surface area contributed by atoms with Crippen molar-refractivity contribution in [3.05, 3.63) is 59.6 Å². The van der Waals surface area contributed by atoms with Gasteiger partial charge < -0.3 is 10.3 Å². The van der Waals surface area contributed by atoms with Gasteiger partial charge in [-0.1, -0.05) is 29.0 Å². The number of hydrogen-bond donors (Lipinski definition) is 2. The Kier molecular flexibility index (Phi) is 4.16. The van der Waals surface area contributed by atoms with Gasteiger partial charge in [0.25, 0.3) is 5.91 Å². The number of halogens is 1. The van der Waals surface area contributed by atoms with Crippen LogP contribution in [-0.2, 0) is 6.54 Å². The fraction of sp³-hybridized carbons (Fsp3) is 0.0909. The molecule has 0 aliphatic rings. The molecule has 0 aliphatic carbocycles. The Morgan fingerprint density at radius 1 is 1.50 bits per heavy atom. The van der Waals surface area contributed by atoms with E-state index in [-0.39, 0.29) is 22.0 Å². The van der Waals surface area contributed by atoms with Crippen molar-refractivity contribution >= 4 is 34.5 Å². The van der Waals surface area contributed by atoms with E-state index in [4.69, 9.17) is 11.6 Å². The standard InChI is InChI=1S/C11H8ClN3O4S/c12-8-3-1-2-7(9(8)15(18)19)10(16)13-4-6-5-20-11(17)14-6/h1-3,5H,4H2,(H,13,16)(H,14,17). The lowest BCUT2D eigenvalue weighted by atomic mass is 10.1. The third-order valence-electron chi connectivity index (χ3n) is 2.42. The highest BCUT2D eigenvalue weighted by Gasteiger charge is 2.23. The van der Waals surface area contributed by atoms with Crippen molar-refractivity contribution in [2.24, 2.45) is 0 Å². The van der Waals surface area contributed by atoms with E-state index >= 15 is 0 Å². The molecular weight excluding hydrogens is 306 g/mol. The van der Waals surface area contributed by atoms with Gasteiger partial charge in [-0.2, -0.15) is 0 Å². The number of carbonyl (C=O) groups is 1. The molecule has 0 atom stereocenters. The summed E-state index contributed by atoms with van der Waals surface area (Å²) in [4.78, 5) is 35.4. The van der Waals surface area contributed by atoms with Crippen LogP contribution in [0.3, 0.4) is 0 Å². The summed E-state index contributed by atoms with van der Waals surface area (Å²) in [7, 11) is 0. The summed E-state index contributed by atoms with van der Waals surface area (Å²) in [6, 6.07) is 4.11. The maximum absolute atomic E-state index is 11.9. The lowest BCUT2D eigenvalue weighted by Crippen LogP contribution is -2.24. The predicted octanol–water partition coefficient (Wildman–Crippen LogP) is 1.93. The highest BCUT2D eigenvalue weighted by atomic mass is 35.5. The van der Waals surface area contributed by atoms with Crippen LogP contribution in [-0.4, -0.2) is 15.8 Å². The summed E-state index contributed by atoms with van der Waals surface area (Å²) < 4.78 is 0. The predicted molar refractivity (Wildman–Crippen MR) is 74.2 cm³/mol. The fourth-order valence-corrected chi connectivity index (χ4v) is 2.38. The number of nitro benzene ring substituents is 1. The number of aromatic amines is 1. The number of nitrogens with one attached hydrogen (secondary N) is 2. The number of thiazole rings is 1. The lowest BCUT2D eigenvalue weighted by Gasteiger charge is -2.05.